The van der Waals surface area contributed by atoms with Crippen LogP contribution in [0.5, 0.6) is 0 Å². The molecule has 2 fully saturated rings. The number of carbonyl (C=O) groups is 1. The lowest BCUT2D eigenvalue weighted by Crippen LogP contribution is -2.47. The first kappa shape index (κ1) is 24.5. The predicted octanol–water partition coefficient (Wildman–Crippen LogP) is 3.03. The van der Waals surface area contributed by atoms with Crippen molar-refractivity contribution in [3.05, 3.63) is 59.7 Å². The second-order valence-corrected chi connectivity index (χ2v) is 11.5. The smallest absolute Gasteiger partial charge is 0.255 e. The molecule has 200 valence electrons. The maximum Gasteiger partial charge on any atom is 0.255 e. The molecular formula is C28H30N8O2S. The van der Waals surface area contributed by atoms with Gasteiger partial charge in [0.15, 0.2) is 5.82 Å². The normalized spacial score (nSPS) is 20.0. The van der Waals surface area contributed by atoms with Gasteiger partial charge in [-0.25, -0.2) is 9.97 Å². The molecule has 0 aliphatic carbocycles. The minimum absolute atomic E-state index is 0.0576. The van der Waals surface area contributed by atoms with Crippen molar-refractivity contribution in [3.8, 4) is 11.4 Å². The van der Waals surface area contributed by atoms with Crippen molar-refractivity contribution < 1.29 is 9.53 Å². The highest BCUT2D eigenvalue weighted by molar-refractivity contribution is 8.00. The summed E-state index contributed by atoms with van der Waals surface area (Å²) in [5.41, 5.74) is 4.66. The van der Waals surface area contributed by atoms with Crippen LogP contribution in [0.4, 0.5) is 5.82 Å². The Morgan fingerprint density at radius 3 is 2.74 bits per heavy atom. The van der Waals surface area contributed by atoms with Gasteiger partial charge < -0.3 is 19.4 Å². The van der Waals surface area contributed by atoms with Crippen molar-refractivity contribution in [2.24, 2.45) is 0 Å². The number of piperazine rings is 1. The van der Waals surface area contributed by atoms with E-state index in [4.69, 9.17) is 14.7 Å². The van der Waals surface area contributed by atoms with E-state index in [-0.39, 0.29) is 11.2 Å². The molecule has 11 heteroatoms. The Morgan fingerprint density at radius 1 is 1.05 bits per heavy atom. The Hall–Kier alpha value is -3.54. The number of thioether (sulfide) groups is 1. The van der Waals surface area contributed by atoms with Crippen LogP contribution in [0.2, 0.25) is 0 Å². The SMILES string of the molecule is CN1CCN(C(=O)c2cncc(C3Cc4nc(-c5cccc6[nH]ncc56)nc(N5CCOCC5)c4S3)c2)CC1. The fourth-order valence-electron chi connectivity index (χ4n) is 5.50. The molecule has 1 amide bonds. The summed E-state index contributed by atoms with van der Waals surface area (Å²) in [5.74, 6) is 1.73. The van der Waals surface area contributed by atoms with Crippen molar-refractivity contribution in [1.82, 2.24) is 34.9 Å². The summed E-state index contributed by atoms with van der Waals surface area (Å²) >= 11 is 1.78. The second kappa shape index (κ2) is 10.2. The molecule has 6 heterocycles. The monoisotopic (exact) mass is 542 g/mol. The summed E-state index contributed by atoms with van der Waals surface area (Å²) in [5, 5.41) is 8.40. The van der Waals surface area contributed by atoms with E-state index < -0.39 is 0 Å². The molecule has 7 rings (SSSR count). The highest BCUT2D eigenvalue weighted by Gasteiger charge is 2.33. The molecule has 1 aromatic carbocycles. The third-order valence-corrected chi connectivity index (χ3v) is 9.14. The van der Waals surface area contributed by atoms with Crippen molar-refractivity contribution in [2.45, 2.75) is 16.6 Å². The van der Waals surface area contributed by atoms with Gasteiger partial charge in [-0.1, -0.05) is 12.1 Å². The number of likely N-dealkylation sites (N-methyl/N-ethyl adjacent to an activating group) is 1. The summed E-state index contributed by atoms with van der Waals surface area (Å²) in [4.78, 5) is 35.6. The first-order chi connectivity index (χ1) is 19.1. The molecule has 0 radical (unpaired) electrons. The molecule has 39 heavy (non-hydrogen) atoms. The molecule has 1 atom stereocenters. The molecule has 10 nitrogen and oxygen atoms in total. The number of benzene rings is 1. The third-order valence-electron chi connectivity index (χ3n) is 7.76. The molecule has 1 N–H and O–H groups in total. The van der Waals surface area contributed by atoms with Gasteiger partial charge in [0.1, 0.15) is 5.82 Å². The predicted molar refractivity (Wildman–Crippen MR) is 150 cm³/mol. The zero-order chi connectivity index (χ0) is 26.3. The molecule has 0 saturated carbocycles. The molecule has 4 aromatic rings. The number of anilines is 1. The van der Waals surface area contributed by atoms with Gasteiger partial charge in [0.2, 0.25) is 0 Å². The van der Waals surface area contributed by atoms with Crippen LogP contribution in [0.1, 0.15) is 26.9 Å². The first-order valence-electron chi connectivity index (χ1n) is 13.4. The lowest BCUT2D eigenvalue weighted by atomic mass is 10.1. The van der Waals surface area contributed by atoms with Crippen LogP contribution in [-0.2, 0) is 11.2 Å². The fourth-order valence-corrected chi connectivity index (χ4v) is 6.84. The highest BCUT2D eigenvalue weighted by Crippen LogP contribution is 2.50. The van der Waals surface area contributed by atoms with Crippen LogP contribution in [0.3, 0.4) is 0 Å². The zero-order valence-electron chi connectivity index (χ0n) is 21.8. The van der Waals surface area contributed by atoms with Gasteiger partial charge in [0, 0.05) is 74.3 Å². The number of morpholine rings is 1. The summed E-state index contributed by atoms with van der Waals surface area (Å²) in [6.07, 6.45) is 6.17. The molecule has 1 unspecified atom stereocenters. The minimum atomic E-state index is 0.0576. The number of aromatic nitrogens is 5. The molecule has 3 aliphatic heterocycles. The molecule has 0 spiro atoms. The molecular weight excluding hydrogens is 512 g/mol. The maximum absolute atomic E-state index is 13.3. The summed E-state index contributed by atoms with van der Waals surface area (Å²) in [6, 6.07) is 8.09. The van der Waals surface area contributed by atoms with Crippen molar-refractivity contribution in [3.63, 3.8) is 0 Å². The zero-order valence-corrected chi connectivity index (χ0v) is 22.7. The summed E-state index contributed by atoms with van der Waals surface area (Å²) in [6.45, 7) is 6.22. The van der Waals surface area contributed by atoms with E-state index in [2.05, 4.69) is 38.1 Å². The van der Waals surface area contributed by atoms with Crippen molar-refractivity contribution in [1.29, 1.82) is 0 Å². The van der Waals surface area contributed by atoms with Crippen molar-refractivity contribution in [2.75, 3.05) is 64.4 Å². The molecule has 0 bridgehead atoms. The van der Waals surface area contributed by atoms with Crippen LogP contribution in [0.15, 0.2) is 47.8 Å². The van der Waals surface area contributed by atoms with Gasteiger partial charge in [0.05, 0.1) is 41.1 Å². The van der Waals surface area contributed by atoms with Crippen LogP contribution >= 0.6 is 11.8 Å². The van der Waals surface area contributed by atoms with Gasteiger partial charge in [-0.2, -0.15) is 5.10 Å². The Kier molecular flexibility index (Phi) is 6.42. The van der Waals surface area contributed by atoms with Gasteiger partial charge in [-0.05, 0) is 24.7 Å². The van der Waals surface area contributed by atoms with Crippen LogP contribution in [0.25, 0.3) is 22.3 Å². The standard InChI is InChI=1S/C28H30N8O2S/c1-34-5-7-36(8-6-34)28(37)19-13-18(15-29-16-19)24-14-23-25(39-24)27(35-9-11-38-12-10-35)32-26(31-23)20-3-2-4-22-21(20)17-30-33-22/h2-4,13,15-17,24H,5-12,14H2,1H3,(H,30,33). The van der Waals surface area contributed by atoms with E-state index in [9.17, 15) is 4.79 Å². The molecule has 2 saturated heterocycles. The number of amides is 1. The van der Waals surface area contributed by atoms with E-state index in [1.165, 1.54) is 0 Å². The molecule has 3 aliphatic rings. The first-order valence-corrected chi connectivity index (χ1v) is 14.3. The average molecular weight is 543 g/mol. The van der Waals surface area contributed by atoms with E-state index in [0.29, 0.717) is 24.6 Å². The number of pyridine rings is 1. The lowest BCUT2D eigenvalue weighted by molar-refractivity contribution is 0.0663. The number of ether oxygens (including phenoxy) is 1. The number of hydrogen-bond donors (Lipinski definition) is 1. The highest BCUT2D eigenvalue weighted by atomic mass is 32.2. The number of hydrogen-bond acceptors (Lipinski definition) is 9. The van der Waals surface area contributed by atoms with Gasteiger partial charge in [-0.15, -0.1) is 11.8 Å². The van der Waals surface area contributed by atoms with E-state index in [1.807, 2.05) is 35.5 Å². The fraction of sp³-hybridized carbons (Fsp3) is 0.393. The van der Waals surface area contributed by atoms with Crippen LogP contribution in [-0.4, -0.2) is 100 Å². The van der Waals surface area contributed by atoms with Gasteiger partial charge in [-0.3, -0.25) is 14.9 Å². The summed E-state index contributed by atoms with van der Waals surface area (Å²) in [7, 11) is 2.09. The average Bonchev–Trinajstić information content (AvgIpc) is 3.65. The van der Waals surface area contributed by atoms with Gasteiger partial charge in [0.25, 0.3) is 5.91 Å². The number of H-pyrrole nitrogens is 1. The quantitative estimate of drug-likeness (QED) is 0.417. The Bertz CT molecular complexity index is 1530. The number of aromatic amines is 1. The maximum atomic E-state index is 13.3. The third kappa shape index (κ3) is 4.64. The summed E-state index contributed by atoms with van der Waals surface area (Å²) < 4.78 is 5.63. The Morgan fingerprint density at radius 2 is 1.90 bits per heavy atom. The minimum Gasteiger partial charge on any atom is -0.378 e. The second-order valence-electron chi connectivity index (χ2n) is 10.3. The van der Waals surface area contributed by atoms with E-state index in [1.54, 1.807) is 18.0 Å². The molecule has 3 aromatic heterocycles. The number of carbonyl (C=O) groups excluding carboxylic acids is 1. The Labute approximate surface area is 230 Å². The number of nitrogens with zero attached hydrogens (tertiary/aromatic N) is 7. The Balaban J connectivity index is 1.22. The van der Waals surface area contributed by atoms with Crippen molar-refractivity contribution >= 4 is 34.4 Å². The topological polar surface area (TPSA) is 103 Å². The number of nitrogens with one attached hydrogen (secondary N) is 1. The number of fused-ring (bicyclic) bond motifs is 2. The van der Waals surface area contributed by atoms with E-state index >= 15 is 0 Å². The van der Waals surface area contributed by atoms with Crippen LogP contribution in [0, 0.1) is 0 Å². The number of rotatable bonds is 4. The van der Waals surface area contributed by atoms with Crippen LogP contribution < -0.4 is 4.90 Å². The lowest BCUT2D eigenvalue weighted by Gasteiger charge is -2.32. The van der Waals surface area contributed by atoms with E-state index in [0.717, 1.165) is 84.1 Å². The van der Waals surface area contributed by atoms with Gasteiger partial charge >= 0.3 is 0 Å². The largest absolute Gasteiger partial charge is 0.378 e.